The van der Waals surface area contributed by atoms with Gasteiger partial charge >= 0.3 is 0 Å². The van der Waals surface area contributed by atoms with E-state index >= 15 is 0 Å². The van der Waals surface area contributed by atoms with Crippen LogP contribution in [0, 0.1) is 11.6 Å². The summed E-state index contributed by atoms with van der Waals surface area (Å²) in [4.78, 5) is 1.23. The van der Waals surface area contributed by atoms with Gasteiger partial charge in [-0.25, -0.2) is 26.3 Å². The van der Waals surface area contributed by atoms with Crippen LogP contribution in [-0.2, 0) is 10.0 Å². The first-order chi connectivity index (χ1) is 14.6. The Kier molecular flexibility index (Phi) is 7.38. The summed E-state index contributed by atoms with van der Waals surface area (Å²) in [6.45, 7) is -0.517. The lowest BCUT2D eigenvalue weighted by Gasteiger charge is -2.20. The van der Waals surface area contributed by atoms with Gasteiger partial charge in [0.25, 0.3) is 0 Å². The van der Waals surface area contributed by atoms with Crippen molar-refractivity contribution < 1.29 is 31.4 Å². The van der Waals surface area contributed by atoms with Crippen LogP contribution in [0.3, 0.4) is 0 Å². The standard InChI is InChI=1S/C19H17Cl2F3N2O4S/c20-15-5-12(26-4-3-11(22)9-26)6-16(21)19(15)31(28,29)25-8-13(27)10-30-14-1-2-17(23)18(24)7-14/h1-3,5-7,13,25,27H,4,8-10H2. The van der Waals surface area contributed by atoms with E-state index in [9.17, 15) is 26.7 Å². The molecule has 12 heteroatoms. The quantitative estimate of drug-likeness (QED) is 0.582. The molecule has 0 aliphatic carbocycles. The maximum absolute atomic E-state index is 13.3. The number of benzene rings is 2. The summed E-state index contributed by atoms with van der Waals surface area (Å²) in [5.41, 5.74) is 0.456. The molecule has 1 atom stereocenters. The fourth-order valence-corrected chi connectivity index (χ4v) is 5.07. The molecule has 0 bridgehead atoms. The van der Waals surface area contributed by atoms with Gasteiger partial charge in [-0.2, -0.15) is 0 Å². The Balaban J connectivity index is 1.62. The van der Waals surface area contributed by atoms with E-state index in [-0.39, 0.29) is 39.7 Å². The molecule has 0 radical (unpaired) electrons. The van der Waals surface area contributed by atoms with Crippen LogP contribution < -0.4 is 14.4 Å². The van der Waals surface area contributed by atoms with E-state index in [4.69, 9.17) is 27.9 Å². The van der Waals surface area contributed by atoms with Crippen molar-refractivity contribution in [3.63, 3.8) is 0 Å². The van der Waals surface area contributed by atoms with Crippen LogP contribution in [0.4, 0.5) is 18.9 Å². The number of hydrogen-bond donors (Lipinski definition) is 2. The van der Waals surface area contributed by atoms with Gasteiger partial charge in [-0.05, 0) is 30.3 Å². The normalized spacial score (nSPS) is 15.2. The Morgan fingerprint density at radius 1 is 1.13 bits per heavy atom. The number of ether oxygens (including phenoxy) is 1. The third kappa shape index (κ3) is 5.83. The summed E-state index contributed by atoms with van der Waals surface area (Å²) >= 11 is 12.2. The molecule has 6 nitrogen and oxygen atoms in total. The van der Waals surface area contributed by atoms with Crippen molar-refractivity contribution in [1.29, 1.82) is 0 Å². The van der Waals surface area contributed by atoms with E-state index in [0.717, 1.165) is 18.2 Å². The van der Waals surface area contributed by atoms with E-state index < -0.39 is 34.3 Å². The van der Waals surface area contributed by atoms with E-state index in [1.807, 2.05) is 0 Å². The minimum absolute atomic E-state index is 0.0289. The van der Waals surface area contributed by atoms with Gasteiger partial charge < -0.3 is 14.7 Å². The molecule has 0 aromatic heterocycles. The average molecular weight is 497 g/mol. The number of aliphatic hydroxyl groups is 1. The maximum Gasteiger partial charge on any atom is 0.243 e. The predicted octanol–water partition coefficient (Wildman–Crippen LogP) is 3.66. The van der Waals surface area contributed by atoms with Gasteiger partial charge in [-0.15, -0.1) is 0 Å². The number of sulfonamides is 1. The lowest BCUT2D eigenvalue weighted by Crippen LogP contribution is -2.35. The smallest absolute Gasteiger partial charge is 0.243 e. The van der Waals surface area contributed by atoms with Gasteiger partial charge in [0.1, 0.15) is 29.2 Å². The molecule has 3 rings (SSSR count). The Morgan fingerprint density at radius 3 is 2.39 bits per heavy atom. The molecule has 0 saturated heterocycles. The second-order valence-corrected chi connectivity index (χ2v) is 9.18. The molecular formula is C19H17Cl2F3N2O4S. The monoisotopic (exact) mass is 496 g/mol. The Labute approximate surface area is 186 Å². The molecule has 0 saturated carbocycles. The highest BCUT2D eigenvalue weighted by Crippen LogP contribution is 2.35. The highest BCUT2D eigenvalue weighted by Gasteiger charge is 2.25. The van der Waals surface area contributed by atoms with Crippen molar-refractivity contribution in [3.8, 4) is 5.75 Å². The molecule has 0 spiro atoms. The number of hydrogen-bond acceptors (Lipinski definition) is 5. The molecule has 1 heterocycles. The number of anilines is 1. The zero-order chi connectivity index (χ0) is 22.8. The second kappa shape index (κ2) is 9.66. The second-order valence-electron chi connectivity index (χ2n) is 6.66. The van der Waals surface area contributed by atoms with Crippen LogP contribution >= 0.6 is 23.2 Å². The Hall–Kier alpha value is -1.98. The molecule has 1 aliphatic rings. The number of nitrogens with zero attached hydrogens (tertiary/aromatic N) is 1. The van der Waals surface area contributed by atoms with E-state index in [1.54, 1.807) is 4.90 Å². The van der Waals surface area contributed by atoms with Crippen molar-refractivity contribution in [2.45, 2.75) is 11.0 Å². The topological polar surface area (TPSA) is 78.9 Å². The van der Waals surface area contributed by atoms with Crippen LogP contribution in [0.15, 0.2) is 47.1 Å². The van der Waals surface area contributed by atoms with Crippen molar-refractivity contribution in [1.82, 2.24) is 4.72 Å². The fraction of sp³-hybridized carbons (Fsp3) is 0.263. The van der Waals surface area contributed by atoms with Crippen LogP contribution in [0.5, 0.6) is 5.75 Å². The van der Waals surface area contributed by atoms with Gasteiger partial charge in [-0.1, -0.05) is 23.2 Å². The van der Waals surface area contributed by atoms with Crippen LogP contribution in [0.1, 0.15) is 0 Å². The highest BCUT2D eigenvalue weighted by atomic mass is 35.5. The minimum atomic E-state index is -4.21. The van der Waals surface area contributed by atoms with Gasteiger partial charge in [0, 0.05) is 24.8 Å². The SMILES string of the molecule is O=S(=O)(NCC(O)COc1ccc(F)c(F)c1)c1c(Cl)cc(N2CC=C(F)C2)cc1Cl. The highest BCUT2D eigenvalue weighted by molar-refractivity contribution is 7.89. The van der Waals surface area contributed by atoms with E-state index in [2.05, 4.69) is 4.72 Å². The van der Waals surface area contributed by atoms with Crippen molar-refractivity contribution >= 4 is 38.9 Å². The van der Waals surface area contributed by atoms with E-state index in [0.29, 0.717) is 12.2 Å². The molecular weight excluding hydrogens is 480 g/mol. The lowest BCUT2D eigenvalue weighted by atomic mass is 10.3. The average Bonchev–Trinajstić information content (AvgIpc) is 3.13. The summed E-state index contributed by atoms with van der Waals surface area (Å²) in [5.74, 6) is -2.51. The summed E-state index contributed by atoms with van der Waals surface area (Å²) in [5, 5.41) is 9.62. The number of halogens is 5. The largest absolute Gasteiger partial charge is 0.491 e. The van der Waals surface area contributed by atoms with Crippen LogP contribution in [-0.4, -0.2) is 45.9 Å². The van der Waals surface area contributed by atoms with Gasteiger partial charge in [0.2, 0.25) is 10.0 Å². The molecule has 168 valence electrons. The first-order valence-electron chi connectivity index (χ1n) is 8.91. The molecule has 2 aromatic carbocycles. The summed E-state index contributed by atoms with van der Waals surface area (Å²) in [6.07, 6.45) is 0.0796. The van der Waals surface area contributed by atoms with E-state index in [1.165, 1.54) is 18.2 Å². The molecule has 31 heavy (non-hydrogen) atoms. The molecule has 2 aromatic rings. The molecule has 0 amide bonds. The zero-order valence-electron chi connectivity index (χ0n) is 15.8. The molecule has 1 unspecified atom stereocenters. The zero-order valence-corrected chi connectivity index (χ0v) is 18.1. The maximum atomic E-state index is 13.3. The predicted molar refractivity (Wildman–Crippen MR) is 111 cm³/mol. The summed E-state index contributed by atoms with van der Waals surface area (Å²) in [6, 6.07) is 5.54. The summed E-state index contributed by atoms with van der Waals surface area (Å²) < 4.78 is 71.9. The van der Waals surface area contributed by atoms with Crippen LogP contribution in [0.25, 0.3) is 0 Å². The summed E-state index contributed by atoms with van der Waals surface area (Å²) in [7, 11) is -4.21. The number of aliphatic hydroxyl groups excluding tert-OH is 1. The minimum Gasteiger partial charge on any atom is -0.491 e. The Morgan fingerprint density at radius 2 is 1.81 bits per heavy atom. The number of nitrogens with one attached hydrogen (secondary N) is 1. The third-order valence-electron chi connectivity index (χ3n) is 4.33. The molecule has 2 N–H and O–H groups in total. The third-order valence-corrected chi connectivity index (χ3v) is 6.68. The molecule has 0 fully saturated rings. The first-order valence-corrected chi connectivity index (χ1v) is 11.1. The van der Waals surface area contributed by atoms with Crippen molar-refractivity contribution in [2.24, 2.45) is 0 Å². The van der Waals surface area contributed by atoms with Gasteiger partial charge in [0.15, 0.2) is 11.6 Å². The first kappa shape index (κ1) is 23.7. The fourth-order valence-electron chi connectivity index (χ4n) is 2.80. The van der Waals surface area contributed by atoms with Gasteiger partial charge in [-0.3, -0.25) is 0 Å². The lowest BCUT2D eigenvalue weighted by molar-refractivity contribution is 0.111. The van der Waals surface area contributed by atoms with Crippen molar-refractivity contribution in [2.75, 3.05) is 31.1 Å². The number of rotatable bonds is 8. The van der Waals surface area contributed by atoms with Crippen LogP contribution in [0.2, 0.25) is 10.0 Å². The van der Waals surface area contributed by atoms with Gasteiger partial charge in [0.05, 0.1) is 16.6 Å². The van der Waals surface area contributed by atoms with Crippen molar-refractivity contribution in [3.05, 3.63) is 63.9 Å². The Bertz CT molecular complexity index is 1090. The molecule has 1 aliphatic heterocycles.